The highest BCUT2D eigenvalue weighted by Crippen LogP contribution is 2.29. The van der Waals surface area contributed by atoms with Crippen LogP contribution in [0.3, 0.4) is 0 Å². The molecule has 34 heavy (non-hydrogen) atoms. The fraction of sp³-hybridized carbons (Fsp3) is 0.565. The van der Waals surface area contributed by atoms with Gasteiger partial charge in [0.25, 0.3) is 5.95 Å². The highest BCUT2D eigenvalue weighted by atomic mass is 16.5. The van der Waals surface area contributed by atoms with Gasteiger partial charge in [-0.25, -0.2) is 4.68 Å². The fourth-order valence-corrected chi connectivity index (χ4v) is 4.26. The molecule has 0 amide bonds. The maximum absolute atomic E-state index is 11.3. The normalized spacial score (nSPS) is 19.0. The molecular formula is C23H31N7O4. The van der Waals surface area contributed by atoms with E-state index in [0.717, 1.165) is 31.4 Å². The minimum Gasteiger partial charge on any atom is -0.489 e. The number of carboxylic acids is 1. The molecule has 3 aromatic rings. The van der Waals surface area contributed by atoms with Crippen LogP contribution in [0.1, 0.15) is 69.9 Å². The van der Waals surface area contributed by atoms with Crippen LogP contribution in [0.4, 0.5) is 5.95 Å². The molecule has 3 heterocycles. The summed E-state index contributed by atoms with van der Waals surface area (Å²) in [5.41, 5.74) is 2.13. The van der Waals surface area contributed by atoms with Crippen LogP contribution < -0.4 is 10.1 Å². The number of anilines is 1. The average molecular weight is 470 g/mol. The van der Waals surface area contributed by atoms with Crippen LogP contribution in [0.5, 0.6) is 5.75 Å². The van der Waals surface area contributed by atoms with Gasteiger partial charge in [-0.1, -0.05) is 25.5 Å². The summed E-state index contributed by atoms with van der Waals surface area (Å²) >= 11 is 0. The SMILES string of the molecule is CCCC(C)c1nc(NCc2c(-c3ccc(O[C@H]4CCC[C@H](C(=O)O)C4)cn3)nnn2C)no1. The number of hydrogen-bond donors (Lipinski definition) is 2. The second-order valence-electron chi connectivity index (χ2n) is 8.83. The van der Waals surface area contributed by atoms with Crippen LogP contribution in [-0.4, -0.2) is 47.3 Å². The third-order valence-electron chi connectivity index (χ3n) is 6.20. The highest BCUT2D eigenvalue weighted by Gasteiger charge is 2.28. The van der Waals surface area contributed by atoms with Gasteiger partial charge >= 0.3 is 5.97 Å². The summed E-state index contributed by atoms with van der Waals surface area (Å²) < 4.78 is 13.1. The van der Waals surface area contributed by atoms with Gasteiger partial charge in [-0.2, -0.15) is 4.98 Å². The third-order valence-corrected chi connectivity index (χ3v) is 6.20. The van der Waals surface area contributed by atoms with Gasteiger partial charge in [0, 0.05) is 13.0 Å². The molecule has 4 rings (SSSR count). The Morgan fingerprint density at radius 1 is 1.38 bits per heavy atom. The second kappa shape index (κ2) is 10.6. The number of ether oxygens (including phenoxy) is 1. The molecule has 0 spiro atoms. The first-order valence-corrected chi connectivity index (χ1v) is 11.8. The number of rotatable bonds is 10. The van der Waals surface area contributed by atoms with Crippen molar-refractivity contribution in [3.05, 3.63) is 29.9 Å². The number of pyridine rings is 1. The van der Waals surface area contributed by atoms with Crippen molar-refractivity contribution in [3.8, 4) is 17.1 Å². The number of aryl methyl sites for hydroxylation is 1. The van der Waals surface area contributed by atoms with E-state index in [4.69, 9.17) is 9.26 Å². The molecule has 3 aromatic heterocycles. The first-order valence-electron chi connectivity index (χ1n) is 11.8. The average Bonchev–Trinajstić information content (AvgIpc) is 3.45. The molecule has 0 aliphatic heterocycles. The third kappa shape index (κ3) is 5.52. The first-order chi connectivity index (χ1) is 16.4. The zero-order valence-electron chi connectivity index (χ0n) is 19.8. The van der Waals surface area contributed by atoms with E-state index >= 15 is 0 Å². The zero-order valence-corrected chi connectivity index (χ0v) is 19.8. The summed E-state index contributed by atoms with van der Waals surface area (Å²) in [6.45, 7) is 4.60. The molecule has 1 saturated carbocycles. The van der Waals surface area contributed by atoms with Gasteiger partial charge in [0.2, 0.25) is 5.89 Å². The zero-order chi connectivity index (χ0) is 24.1. The molecule has 0 radical (unpaired) electrons. The molecule has 3 atom stereocenters. The van der Waals surface area contributed by atoms with E-state index in [9.17, 15) is 9.90 Å². The quantitative estimate of drug-likeness (QED) is 0.450. The van der Waals surface area contributed by atoms with Gasteiger partial charge in [0.1, 0.15) is 11.4 Å². The van der Waals surface area contributed by atoms with Crippen LogP contribution in [0.25, 0.3) is 11.4 Å². The Hall–Kier alpha value is -3.50. The van der Waals surface area contributed by atoms with E-state index in [-0.39, 0.29) is 17.9 Å². The number of carboxylic acid groups (broad SMARTS) is 1. The Morgan fingerprint density at radius 3 is 2.97 bits per heavy atom. The summed E-state index contributed by atoms with van der Waals surface area (Å²) in [5.74, 6) is 0.787. The molecule has 1 fully saturated rings. The van der Waals surface area contributed by atoms with Gasteiger partial charge in [0.15, 0.2) is 0 Å². The van der Waals surface area contributed by atoms with Crippen molar-refractivity contribution in [2.24, 2.45) is 13.0 Å². The Labute approximate surface area is 197 Å². The minimum absolute atomic E-state index is 0.112. The Bertz CT molecular complexity index is 1100. The summed E-state index contributed by atoms with van der Waals surface area (Å²) in [4.78, 5) is 20.2. The largest absolute Gasteiger partial charge is 0.489 e. The van der Waals surface area contributed by atoms with Gasteiger partial charge in [-0.3, -0.25) is 9.78 Å². The minimum atomic E-state index is -0.752. The van der Waals surface area contributed by atoms with Crippen LogP contribution in [0.15, 0.2) is 22.9 Å². The second-order valence-corrected chi connectivity index (χ2v) is 8.83. The van der Waals surface area contributed by atoms with Crippen molar-refractivity contribution < 1.29 is 19.2 Å². The summed E-state index contributed by atoms with van der Waals surface area (Å²) in [5, 5.41) is 24.9. The van der Waals surface area contributed by atoms with Crippen molar-refractivity contribution in [3.63, 3.8) is 0 Å². The van der Waals surface area contributed by atoms with E-state index < -0.39 is 5.97 Å². The van der Waals surface area contributed by atoms with Crippen molar-refractivity contribution in [2.45, 2.75) is 70.9 Å². The van der Waals surface area contributed by atoms with Crippen LogP contribution in [0, 0.1) is 5.92 Å². The molecule has 0 aromatic carbocycles. The van der Waals surface area contributed by atoms with E-state index in [0.29, 0.717) is 48.4 Å². The van der Waals surface area contributed by atoms with E-state index in [2.05, 4.69) is 44.6 Å². The van der Waals surface area contributed by atoms with Crippen LogP contribution in [0.2, 0.25) is 0 Å². The Morgan fingerprint density at radius 2 is 2.24 bits per heavy atom. The molecule has 11 heteroatoms. The fourth-order valence-electron chi connectivity index (χ4n) is 4.26. The topological polar surface area (TPSA) is 141 Å². The lowest BCUT2D eigenvalue weighted by Crippen LogP contribution is -2.29. The molecule has 2 N–H and O–H groups in total. The predicted octanol–water partition coefficient (Wildman–Crippen LogP) is 3.80. The smallest absolute Gasteiger partial charge is 0.306 e. The number of nitrogens with one attached hydrogen (secondary N) is 1. The van der Waals surface area contributed by atoms with E-state index in [1.54, 1.807) is 10.9 Å². The summed E-state index contributed by atoms with van der Waals surface area (Å²) in [6, 6.07) is 3.67. The van der Waals surface area contributed by atoms with Crippen LogP contribution >= 0.6 is 0 Å². The molecule has 1 unspecified atom stereocenters. The number of aliphatic carboxylic acids is 1. The standard InChI is InChI=1S/C23H31N7O4/c1-4-6-14(2)21-26-23(28-34-21)25-13-19-20(27-29-30(19)3)18-10-9-17(12-24-18)33-16-8-5-7-15(11-16)22(31)32/h9-10,12,14-16H,4-8,11,13H2,1-3H3,(H,25,28)(H,31,32)/t14?,15-,16-/m0/s1. The number of carbonyl (C=O) groups is 1. The van der Waals surface area contributed by atoms with Gasteiger partial charge < -0.3 is 19.7 Å². The maximum Gasteiger partial charge on any atom is 0.306 e. The molecule has 11 nitrogen and oxygen atoms in total. The number of aromatic nitrogens is 6. The molecule has 0 bridgehead atoms. The predicted molar refractivity (Wildman–Crippen MR) is 123 cm³/mol. The molecule has 1 aliphatic carbocycles. The van der Waals surface area contributed by atoms with Gasteiger partial charge in [-0.15, -0.1) is 5.10 Å². The van der Waals surface area contributed by atoms with Crippen molar-refractivity contribution in [1.82, 2.24) is 30.1 Å². The van der Waals surface area contributed by atoms with Crippen molar-refractivity contribution >= 4 is 11.9 Å². The number of nitrogens with zero attached hydrogens (tertiary/aromatic N) is 6. The Kier molecular flexibility index (Phi) is 7.39. The maximum atomic E-state index is 11.3. The molecular weight excluding hydrogens is 438 g/mol. The lowest BCUT2D eigenvalue weighted by atomic mass is 9.87. The lowest BCUT2D eigenvalue weighted by Gasteiger charge is -2.27. The van der Waals surface area contributed by atoms with Gasteiger partial charge in [0.05, 0.1) is 36.2 Å². The molecule has 182 valence electrons. The van der Waals surface area contributed by atoms with Crippen molar-refractivity contribution in [1.29, 1.82) is 0 Å². The van der Waals surface area contributed by atoms with Crippen molar-refractivity contribution in [2.75, 3.05) is 5.32 Å². The van der Waals surface area contributed by atoms with Crippen LogP contribution in [-0.2, 0) is 18.4 Å². The lowest BCUT2D eigenvalue weighted by molar-refractivity contribution is -0.143. The van der Waals surface area contributed by atoms with E-state index in [1.165, 1.54) is 0 Å². The summed E-state index contributed by atoms with van der Waals surface area (Å²) in [7, 11) is 1.82. The monoisotopic (exact) mass is 469 g/mol. The van der Waals surface area contributed by atoms with Gasteiger partial charge in [-0.05, 0) is 49.4 Å². The molecule has 0 saturated heterocycles. The highest BCUT2D eigenvalue weighted by molar-refractivity contribution is 5.70. The molecule has 1 aliphatic rings. The first kappa shape index (κ1) is 23.7. The summed E-state index contributed by atoms with van der Waals surface area (Å²) in [6.07, 6.45) is 6.50. The number of hydrogen-bond acceptors (Lipinski definition) is 9. The van der Waals surface area contributed by atoms with E-state index in [1.807, 2.05) is 19.2 Å². The Balaban J connectivity index is 1.40.